The van der Waals surface area contributed by atoms with Crippen LogP contribution in [-0.2, 0) is 14.5 Å². The number of hydrogen-bond donors (Lipinski definition) is 1. The van der Waals surface area contributed by atoms with E-state index in [2.05, 4.69) is 32.6 Å². The normalized spacial score (nSPS) is 19.3. The minimum atomic E-state index is -4.04. The zero-order valence-electron chi connectivity index (χ0n) is 15.4. The molecule has 1 fully saturated rings. The maximum atomic E-state index is 11.9. The maximum Gasteiger partial charge on any atom is 0.333 e. The Kier molecular flexibility index (Phi) is 6.46. The third kappa shape index (κ3) is 5.16. The van der Waals surface area contributed by atoms with Gasteiger partial charge in [0.1, 0.15) is 0 Å². The van der Waals surface area contributed by atoms with Crippen molar-refractivity contribution in [2.75, 3.05) is 0 Å². The molecule has 25 heavy (non-hydrogen) atoms. The van der Waals surface area contributed by atoms with Crippen LogP contribution in [0.3, 0.4) is 0 Å². The van der Waals surface area contributed by atoms with Gasteiger partial charge in [0, 0.05) is 5.92 Å². The van der Waals surface area contributed by atoms with Crippen molar-refractivity contribution in [3.63, 3.8) is 0 Å². The standard InChI is InChI=1S/C20H31NO3S/c1-4-5-14-19(2,3)18(17-12-8-6-9-13-17)20(24-25(21,22)23)15-10-7-11-16-20/h4,6,8-9,12-13,18H,1,5,7,10-11,14-16H2,2-3H3,(H2,21,22,23). The van der Waals surface area contributed by atoms with Crippen molar-refractivity contribution in [2.45, 2.75) is 70.3 Å². The van der Waals surface area contributed by atoms with Crippen LogP contribution < -0.4 is 5.14 Å². The van der Waals surface area contributed by atoms with E-state index in [1.807, 2.05) is 24.3 Å². The minimum Gasteiger partial charge on any atom is -0.251 e. The van der Waals surface area contributed by atoms with Crippen molar-refractivity contribution in [3.05, 3.63) is 48.6 Å². The fourth-order valence-electron chi connectivity index (χ4n) is 4.53. The van der Waals surface area contributed by atoms with E-state index in [0.29, 0.717) is 12.8 Å². The van der Waals surface area contributed by atoms with Gasteiger partial charge in [-0.2, -0.15) is 8.42 Å². The van der Waals surface area contributed by atoms with E-state index in [1.165, 1.54) is 0 Å². The first kappa shape index (κ1) is 20.1. The molecule has 1 atom stereocenters. The first-order valence-corrected chi connectivity index (χ1v) is 10.6. The molecule has 1 aromatic rings. The highest BCUT2D eigenvalue weighted by Crippen LogP contribution is 2.53. The van der Waals surface area contributed by atoms with Crippen molar-refractivity contribution >= 4 is 10.3 Å². The molecule has 0 bridgehead atoms. The van der Waals surface area contributed by atoms with Gasteiger partial charge in [-0.25, -0.2) is 5.14 Å². The van der Waals surface area contributed by atoms with Crippen molar-refractivity contribution in [1.29, 1.82) is 0 Å². The predicted molar refractivity (Wildman–Crippen MR) is 102 cm³/mol. The molecule has 1 unspecified atom stereocenters. The molecule has 2 rings (SSSR count). The minimum absolute atomic E-state index is 0.0558. The first-order valence-electron chi connectivity index (χ1n) is 9.09. The first-order chi connectivity index (χ1) is 11.7. The molecule has 0 amide bonds. The third-order valence-electron chi connectivity index (χ3n) is 5.42. The van der Waals surface area contributed by atoms with Crippen molar-refractivity contribution < 1.29 is 12.6 Å². The van der Waals surface area contributed by atoms with E-state index in [4.69, 9.17) is 9.32 Å². The van der Waals surface area contributed by atoms with Gasteiger partial charge in [-0.1, -0.05) is 69.5 Å². The summed E-state index contributed by atoms with van der Waals surface area (Å²) in [6.07, 6.45) is 8.13. The second-order valence-corrected chi connectivity index (χ2v) is 9.01. The smallest absolute Gasteiger partial charge is 0.251 e. The van der Waals surface area contributed by atoms with Gasteiger partial charge < -0.3 is 0 Å². The van der Waals surface area contributed by atoms with E-state index in [1.54, 1.807) is 0 Å². The summed E-state index contributed by atoms with van der Waals surface area (Å²) in [5, 5.41) is 5.34. The number of nitrogens with two attached hydrogens (primary N) is 1. The van der Waals surface area contributed by atoms with E-state index in [9.17, 15) is 8.42 Å². The second kappa shape index (κ2) is 8.02. The zero-order valence-corrected chi connectivity index (χ0v) is 16.2. The topological polar surface area (TPSA) is 69.4 Å². The van der Waals surface area contributed by atoms with Crippen molar-refractivity contribution in [2.24, 2.45) is 10.6 Å². The highest BCUT2D eigenvalue weighted by molar-refractivity contribution is 7.84. The molecule has 2 N–H and O–H groups in total. The molecule has 1 aliphatic rings. The van der Waals surface area contributed by atoms with Gasteiger partial charge in [-0.3, -0.25) is 4.18 Å². The van der Waals surface area contributed by atoms with Crippen LogP contribution in [0.1, 0.15) is 70.3 Å². The molecule has 0 spiro atoms. The number of allylic oxidation sites excluding steroid dienone is 1. The molecule has 0 radical (unpaired) electrons. The van der Waals surface area contributed by atoms with Crippen LogP contribution in [0.5, 0.6) is 0 Å². The highest BCUT2D eigenvalue weighted by atomic mass is 32.2. The van der Waals surface area contributed by atoms with Crippen LogP contribution >= 0.6 is 0 Å². The molecular weight excluding hydrogens is 334 g/mol. The fourth-order valence-corrected chi connectivity index (χ4v) is 5.26. The summed E-state index contributed by atoms with van der Waals surface area (Å²) in [6, 6.07) is 10.1. The average molecular weight is 366 g/mol. The predicted octanol–water partition coefficient (Wildman–Crippen LogP) is 4.69. The van der Waals surface area contributed by atoms with Gasteiger partial charge in [0.25, 0.3) is 0 Å². The summed E-state index contributed by atoms with van der Waals surface area (Å²) in [5.41, 5.74) is 0.178. The van der Waals surface area contributed by atoms with Gasteiger partial charge in [-0.05, 0) is 36.7 Å². The Hall–Kier alpha value is -1.17. The summed E-state index contributed by atoms with van der Waals surface area (Å²) < 4.78 is 29.5. The summed E-state index contributed by atoms with van der Waals surface area (Å²) in [7, 11) is -4.04. The maximum absolute atomic E-state index is 11.9. The van der Waals surface area contributed by atoms with E-state index < -0.39 is 15.9 Å². The molecule has 5 heteroatoms. The molecule has 0 aliphatic heterocycles. The lowest BCUT2D eigenvalue weighted by Crippen LogP contribution is -2.49. The van der Waals surface area contributed by atoms with Crippen LogP contribution in [0.15, 0.2) is 43.0 Å². The van der Waals surface area contributed by atoms with Gasteiger partial charge in [0.2, 0.25) is 0 Å². The summed E-state index contributed by atoms with van der Waals surface area (Å²) in [5.74, 6) is -0.0558. The second-order valence-electron chi connectivity index (χ2n) is 7.86. The lowest BCUT2D eigenvalue weighted by atomic mass is 9.60. The van der Waals surface area contributed by atoms with Crippen LogP contribution in [0.25, 0.3) is 0 Å². The molecule has 0 heterocycles. The monoisotopic (exact) mass is 365 g/mol. The Balaban J connectivity index is 2.55. The van der Waals surface area contributed by atoms with E-state index >= 15 is 0 Å². The third-order valence-corrected chi connectivity index (χ3v) is 5.98. The van der Waals surface area contributed by atoms with E-state index in [0.717, 1.165) is 37.7 Å². The van der Waals surface area contributed by atoms with Gasteiger partial charge >= 0.3 is 10.3 Å². The van der Waals surface area contributed by atoms with Crippen LogP contribution in [0, 0.1) is 5.41 Å². The highest BCUT2D eigenvalue weighted by Gasteiger charge is 2.50. The molecule has 4 nitrogen and oxygen atoms in total. The van der Waals surface area contributed by atoms with Crippen LogP contribution in [0.4, 0.5) is 0 Å². The summed E-state index contributed by atoms with van der Waals surface area (Å²) in [6.45, 7) is 8.22. The molecule has 0 saturated heterocycles. The van der Waals surface area contributed by atoms with Crippen LogP contribution in [0.2, 0.25) is 0 Å². The summed E-state index contributed by atoms with van der Waals surface area (Å²) >= 11 is 0. The van der Waals surface area contributed by atoms with Gasteiger partial charge in [0.15, 0.2) is 0 Å². The number of hydrogen-bond acceptors (Lipinski definition) is 3. The lowest BCUT2D eigenvalue weighted by molar-refractivity contribution is -0.0310. The zero-order chi connectivity index (χ0) is 18.6. The average Bonchev–Trinajstić information content (AvgIpc) is 2.53. The summed E-state index contributed by atoms with van der Waals surface area (Å²) in [4.78, 5) is 0. The molecular formula is C20H31NO3S. The molecule has 1 aliphatic carbocycles. The lowest BCUT2D eigenvalue weighted by Gasteiger charge is -2.49. The Morgan fingerprint density at radius 2 is 1.84 bits per heavy atom. The Bertz CT molecular complexity index is 661. The quantitative estimate of drug-likeness (QED) is 0.680. The SMILES string of the molecule is C=CCCC(C)(C)C(c1ccccc1)C1(OS(N)(=O)=O)CCCCC1. The Labute approximate surface area is 152 Å². The van der Waals surface area contributed by atoms with Crippen LogP contribution in [-0.4, -0.2) is 14.0 Å². The van der Waals surface area contributed by atoms with Gasteiger partial charge in [0.05, 0.1) is 5.60 Å². The van der Waals surface area contributed by atoms with Gasteiger partial charge in [-0.15, -0.1) is 6.58 Å². The largest absolute Gasteiger partial charge is 0.333 e. The van der Waals surface area contributed by atoms with Crippen molar-refractivity contribution in [1.82, 2.24) is 0 Å². The molecule has 1 aromatic carbocycles. The number of rotatable bonds is 8. The van der Waals surface area contributed by atoms with E-state index in [-0.39, 0.29) is 11.3 Å². The molecule has 140 valence electrons. The Morgan fingerprint density at radius 1 is 1.24 bits per heavy atom. The fraction of sp³-hybridized carbons (Fsp3) is 0.600. The van der Waals surface area contributed by atoms with Crippen molar-refractivity contribution in [3.8, 4) is 0 Å². The molecule has 0 aromatic heterocycles. The number of benzene rings is 1. The molecule has 1 saturated carbocycles. The Morgan fingerprint density at radius 3 is 2.36 bits per heavy atom.